The average molecular weight is 296 g/mol. The largest absolute Gasteiger partial charge is 0.481 e. The molecule has 0 fully saturated rings. The fourth-order valence-electron chi connectivity index (χ4n) is 2.22. The van der Waals surface area contributed by atoms with Crippen molar-refractivity contribution < 1.29 is 14.7 Å². The highest BCUT2D eigenvalue weighted by molar-refractivity contribution is 6.00. The number of carboxylic acids is 1. The first-order valence-corrected chi connectivity index (χ1v) is 7.27. The molecule has 0 aliphatic rings. The Labute approximate surface area is 130 Å². The Kier molecular flexibility index (Phi) is 4.45. The van der Waals surface area contributed by atoms with Crippen molar-refractivity contribution in [3.05, 3.63) is 60.2 Å². The average Bonchev–Trinajstić information content (AvgIpc) is 2.54. The number of ketones is 1. The molecule has 1 unspecified atom stereocenters. The lowest BCUT2D eigenvalue weighted by Crippen LogP contribution is -2.36. The van der Waals surface area contributed by atoms with E-state index < -0.39 is 17.3 Å². The molecule has 114 valence electrons. The highest BCUT2D eigenvalue weighted by Crippen LogP contribution is 2.30. The SMILES string of the molecule is CC(C(=O)c1ccc(-c2ccccc2)cc1)C(C)(C)C(=O)O. The number of hydrogen-bond acceptors (Lipinski definition) is 2. The van der Waals surface area contributed by atoms with Gasteiger partial charge in [-0.25, -0.2) is 0 Å². The maximum absolute atomic E-state index is 12.5. The fourth-order valence-corrected chi connectivity index (χ4v) is 2.22. The summed E-state index contributed by atoms with van der Waals surface area (Å²) in [6.07, 6.45) is 0. The third kappa shape index (κ3) is 3.08. The third-order valence-corrected chi connectivity index (χ3v) is 4.30. The van der Waals surface area contributed by atoms with Gasteiger partial charge in [0.2, 0.25) is 0 Å². The highest BCUT2D eigenvalue weighted by Gasteiger charge is 2.38. The molecule has 0 heterocycles. The Bertz CT molecular complexity index is 670. The number of carbonyl (C=O) groups is 2. The lowest BCUT2D eigenvalue weighted by atomic mass is 9.76. The van der Waals surface area contributed by atoms with Gasteiger partial charge < -0.3 is 5.11 Å². The lowest BCUT2D eigenvalue weighted by molar-refractivity contribution is -0.148. The van der Waals surface area contributed by atoms with Gasteiger partial charge in [-0.1, -0.05) is 61.5 Å². The van der Waals surface area contributed by atoms with E-state index in [1.54, 1.807) is 32.9 Å². The van der Waals surface area contributed by atoms with E-state index >= 15 is 0 Å². The smallest absolute Gasteiger partial charge is 0.309 e. The summed E-state index contributed by atoms with van der Waals surface area (Å²) in [7, 11) is 0. The molecule has 2 rings (SSSR count). The van der Waals surface area contributed by atoms with Gasteiger partial charge in [-0.3, -0.25) is 9.59 Å². The summed E-state index contributed by atoms with van der Waals surface area (Å²) in [4.78, 5) is 23.8. The topological polar surface area (TPSA) is 54.4 Å². The molecular formula is C19H20O3. The zero-order valence-corrected chi connectivity index (χ0v) is 13.0. The molecule has 0 saturated carbocycles. The number of benzene rings is 2. The van der Waals surface area contributed by atoms with E-state index in [2.05, 4.69) is 0 Å². The van der Waals surface area contributed by atoms with Crippen LogP contribution in [-0.4, -0.2) is 16.9 Å². The summed E-state index contributed by atoms with van der Waals surface area (Å²) < 4.78 is 0. The van der Waals surface area contributed by atoms with Crippen LogP contribution in [0.25, 0.3) is 11.1 Å². The molecule has 0 saturated heterocycles. The summed E-state index contributed by atoms with van der Waals surface area (Å²) in [5.74, 6) is -1.70. The first-order valence-electron chi connectivity index (χ1n) is 7.27. The zero-order valence-electron chi connectivity index (χ0n) is 13.0. The number of Topliss-reactive ketones (excluding diaryl/α,β-unsaturated/α-hetero) is 1. The van der Waals surface area contributed by atoms with Gasteiger partial charge in [-0.2, -0.15) is 0 Å². The second-order valence-electron chi connectivity index (χ2n) is 6.06. The van der Waals surface area contributed by atoms with Crippen LogP contribution in [-0.2, 0) is 4.79 Å². The Morgan fingerprint density at radius 3 is 1.91 bits per heavy atom. The highest BCUT2D eigenvalue weighted by atomic mass is 16.4. The summed E-state index contributed by atoms with van der Waals surface area (Å²) in [5, 5.41) is 9.25. The molecule has 1 N–H and O–H groups in total. The molecule has 22 heavy (non-hydrogen) atoms. The first-order chi connectivity index (χ1) is 10.3. The second-order valence-corrected chi connectivity index (χ2v) is 6.06. The minimum absolute atomic E-state index is 0.146. The molecule has 2 aromatic rings. The van der Waals surface area contributed by atoms with Crippen LogP contribution in [0.2, 0.25) is 0 Å². The van der Waals surface area contributed by atoms with Gasteiger partial charge >= 0.3 is 5.97 Å². The summed E-state index contributed by atoms with van der Waals surface area (Å²) in [6.45, 7) is 4.83. The molecule has 3 nitrogen and oxygen atoms in total. The molecule has 0 radical (unpaired) electrons. The van der Waals surface area contributed by atoms with Crippen LogP contribution in [0.1, 0.15) is 31.1 Å². The van der Waals surface area contributed by atoms with Crippen LogP contribution < -0.4 is 0 Å². The second kappa shape index (κ2) is 6.14. The van der Waals surface area contributed by atoms with E-state index in [1.165, 1.54) is 0 Å². The molecular weight excluding hydrogens is 276 g/mol. The van der Waals surface area contributed by atoms with E-state index in [1.807, 2.05) is 42.5 Å². The van der Waals surface area contributed by atoms with E-state index in [0.717, 1.165) is 11.1 Å². The van der Waals surface area contributed by atoms with E-state index in [4.69, 9.17) is 0 Å². The first kappa shape index (κ1) is 16.0. The maximum Gasteiger partial charge on any atom is 0.309 e. The van der Waals surface area contributed by atoms with Crippen LogP contribution in [0.15, 0.2) is 54.6 Å². The van der Waals surface area contributed by atoms with Gasteiger partial charge in [-0.15, -0.1) is 0 Å². The molecule has 0 aliphatic heterocycles. The van der Waals surface area contributed by atoms with Gasteiger partial charge in [-0.05, 0) is 25.0 Å². The summed E-state index contributed by atoms with van der Waals surface area (Å²) in [6, 6.07) is 17.2. The lowest BCUT2D eigenvalue weighted by Gasteiger charge is -2.26. The van der Waals surface area contributed by atoms with Crippen molar-refractivity contribution in [3.8, 4) is 11.1 Å². The quantitative estimate of drug-likeness (QED) is 0.838. The third-order valence-electron chi connectivity index (χ3n) is 4.30. The van der Waals surface area contributed by atoms with Crippen molar-refractivity contribution in [2.45, 2.75) is 20.8 Å². The predicted molar refractivity (Wildman–Crippen MR) is 86.8 cm³/mol. The summed E-state index contributed by atoms with van der Waals surface area (Å²) >= 11 is 0. The van der Waals surface area contributed by atoms with Crippen molar-refractivity contribution >= 4 is 11.8 Å². The van der Waals surface area contributed by atoms with Gasteiger partial charge in [0.15, 0.2) is 5.78 Å². The Morgan fingerprint density at radius 2 is 1.41 bits per heavy atom. The van der Waals surface area contributed by atoms with E-state index in [0.29, 0.717) is 5.56 Å². The monoisotopic (exact) mass is 296 g/mol. The molecule has 0 amide bonds. The van der Waals surface area contributed by atoms with Gasteiger partial charge in [0, 0.05) is 11.5 Å². The number of carbonyl (C=O) groups excluding carboxylic acids is 1. The van der Waals surface area contributed by atoms with Crippen molar-refractivity contribution in [1.82, 2.24) is 0 Å². The predicted octanol–water partition coefficient (Wildman–Crippen LogP) is 4.28. The molecule has 0 bridgehead atoms. The van der Waals surface area contributed by atoms with Crippen LogP contribution in [0, 0.1) is 11.3 Å². The molecule has 0 aliphatic carbocycles. The molecule has 3 heteroatoms. The van der Waals surface area contributed by atoms with Crippen molar-refractivity contribution in [3.63, 3.8) is 0 Å². The molecule has 0 aromatic heterocycles. The minimum Gasteiger partial charge on any atom is -0.481 e. The number of carboxylic acid groups (broad SMARTS) is 1. The van der Waals surface area contributed by atoms with Gasteiger partial charge in [0.1, 0.15) is 0 Å². The van der Waals surface area contributed by atoms with Crippen molar-refractivity contribution in [2.75, 3.05) is 0 Å². The Balaban J connectivity index is 2.24. The number of aliphatic carboxylic acids is 1. The summed E-state index contributed by atoms with van der Waals surface area (Å²) in [5.41, 5.74) is 1.57. The number of rotatable bonds is 5. The molecule has 1 atom stereocenters. The van der Waals surface area contributed by atoms with E-state index in [9.17, 15) is 14.7 Å². The number of hydrogen-bond donors (Lipinski definition) is 1. The van der Waals surface area contributed by atoms with E-state index in [-0.39, 0.29) is 5.78 Å². The molecule has 2 aromatic carbocycles. The Morgan fingerprint density at radius 1 is 0.909 bits per heavy atom. The zero-order chi connectivity index (χ0) is 16.3. The van der Waals surface area contributed by atoms with Crippen LogP contribution in [0.3, 0.4) is 0 Å². The standard InChI is InChI=1S/C19H20O3/c1-13(19(2,3)18(21)22)17(20)16-11-9-15(10-12-16)14-7-5-4-6-8-14/h4-13H,1-3H3,(H,21,22). The molecule has 0 spiro atoms. The van der Waals surface area contributed by atoms with Crippen LogP contribution >= 0.6 is 0 Å². The van der Waals surface area contributed by atoms with Crippen LogP contribution in [0.5, 0.6) is 0 Å². The normalized spacial score (nSPS) is 12.7. The Hall–Kier alpha value is -2.42. The van der Waals surface area contributed by atoms with Gasteiger partial charge in [0.25, 0.3) is 0 Å². The van der Waals surface area contributed by atoms with Crippen molar-refractivity contribution in [1.29, 1.82) is 0 Å². The minimum atomic E-state index is -1.09. The van der Waals surface area contributed by atoms with Crippen molar-refractivity contribution in [2.24, 2.45) is 11.3 Å². The fraction of sp³-hybridized carbons (Fsp3) is 0.263. The van der Waals surface area contributed by atoms with Crippen LogP contribution in [0.4, 0.5) is 0 Å². The van der Waals surface area contributed by atoms with Gasteiger partial charge in [0.05, 0.1) is 5.41 Å². The maximum atomic E-state index is 12.5.